The van der Waals surface area contributed by atoms with Crippen LogP contribution in [0.25, 0.3) is 0 Å². The van der Waals surface area contributed by atoms with Crippen molar-refractivity contribution in [3.05, 3.63) is 21.3 Å². The fourth-order valence-corrected chi connectivity index (χ4v) is 3.20. The Morgan fingerprint density at radius 2 is 2.00 bits per heavy atom. The van der Waals surface area contributed by atoms with Crippen molar-refractivity contribution < 1.29 is 0 Å². The number of halogens is 1. The molecule has 0 fully saturated rings. The van der Waals surface area contributed by atoms with Gasteiger partial charge < -0.3 is 10.6 Å². The highest BCUT2D eigenvalue weighted by molar-refractivity contribution is 7.16. The van der Waals surface area contributed by atoms with Crippen molar-refractivity contribution in [1.82, 2.24) is 9.80 Å². The van der Waals surface area contributed by atoms with Crippen LogP contribution in [0.4, 0.5) is 0 Å². The molecule has 1 heterocycles. The van der Waals surface area contributed by atoms with E-state index < -0.39 is 0 Å². The first-order valence-corrected chi connectivity index (χ1v) is 7.62. The highest BCUT2D eigenvalue weighted by atomic mass is 35.5. The first-order chi connectivity index (χ1) is 8.58. The van der Waals surface area contributed by atoms with E-state index in [0.717, 1.165) is 30.4 Å². The number of hydrogen-bond donors (Lipinski definition) is 1. The summed E-state index contributed by atoms with van der Waals surface area (Å²) in [4.78, 5) is 5.94. The largest absolute Gasteiger partial charge is 0.329 e. The van der Waals surface area contributed by atoms with E-state index in [-0.39, 0.29) is 0 Å². The Morgan fingerprint density at radius 1 is 1.28 bits per heavy atom. The minimum absolute atomic E-state index is 0.294. The summed E-state index contributed by atoms with van der Waals surface area (Å²) in [5.41, 5.74) is 5.96. The molecule has 0 aromatic carbocycles. The van der Waals surface area contributed by atoms with Crippen molar-refractivity contribution in [2.24, 2.45) is 5.73 Å². The summed E-state index contributed by atoms with van der Waals surface area (Å²) < 4.78 is 0.840. The van der Waals surface area contributed by atoms with E-state index in [0.29, 0.717) is 12.6 Å². The molecule has 2 N–H and O–H groups in total. The Hall–Kier alpha value is -0.130. The number of hydrogen-bond acceptors (Lipinski definition) is 4. The van der Waals surface area contributed by atoms with E-state index in [1.807, 2.05) is 6.07 Å². The van der Waals surface area contributed by atoms with Crippen molar-refractivity contribution >= 4 is 22.9 Å². The molecule has 0 aliphatic heterocycles. The van der Waals surface area contributed by atoms with E-state index in [1.165, 1.54) is 4.88 Å². The van der Waals surface area contributed by atoms with Gasteiger partial charge in [-0.25, -0.2) is 0 Å². The highest BCUT2D eigenvalue weighted by Gasteiger charge is 2.19. The molecule has 0 saturated carbocycles. The van der Waals surface area contributed by atoms with Crippen LogP contribution in [0.2, 0.25) is 4.34 Å². The minimum Gasteiger partial charge on any atom is -0.329 e. The summed E-state index contributed by atoms with van der Waals surface area (Å²) in [7, 11) is 4.20. The Kier molecular flexibility index (Phi) is 7.19. The lowest BCUT2D eigenvalue weighted by Gasteiger charge is -2.31. The molecule has 0 saturated heterocycles. The number of thiophene rings is 1. The molecule has 1 unspecified atom stereocenters. The van der Waals surface area contributed by atoms with Gasteiger partial charge in [0.05, 0.1) is 10.4 Å². The zero-order valence-electron chi connectivity index (χ0n) is 11.5. The third-order valence-corrected chi connectivity index (χ3v) is 4.26. The summed E-state index contributed by atoms with van der Waals surface area (Å²) >= 11 is 7.66. The number of nitrogens with two attached hydrogens (primary N) is 1. The molecule has 1 atom stereocenters. The van der Waals surface area contributed by atoms with E-state index in [1.54, 1.807) is 11.3 Å². The second-order valence-corrected chi connectivity index (χ2v) is 6.48. The Morgan fingerprint density at radius 3 is 2.44 bits per heavy atom. The quantitative estimate of drug-likeness (QED) is 0.799. The van der Waals surface area contributed by atoms with Gasteiger partial charge in [0.25, 0.3) is 0 Å². The van der Waals surface area contributed by atoms with E-state index in [2.05, 4.69) is 36.9 Å². The van der Waals surface area contributed by atoms with Crippen LogP contribution in [0.3, 0.4) is 0 Å². The van der Waals surface area contributed by atoms with Gasteiger partial charge in [-0.1, -0.05) is 18.5 Å². The van der Waals surface area contributed by atoms with Gasteiger partial charge in [-0.05, 0) is 39.2 Å². The molecule has 0 radical (unpaired) electrons. The second-order valence-electron chi connectivity index (χ2n) is 4.73. The molecule has 18 heavy (non-hydrogen) atoms. The topological polar surface area (TPSA) is 32.5 Å². The molecule has 104 valence electrons. The molecule has 1 rings (SSSR count). The van der Waals surface area contributed by atoms with Gasteiger partial charge in [-0.2, -0.15) is 0 Å². The zero-order valence-corrected chi connectivity index (χ0v) is 13.1. The van der Waals surface area contributed by atoms with Gasteiger partial charge in [0.15, 0.2) is 0 Å². The maximum Gasteiger partial charge on any atom is 0.0931 e. The predicted molar refractivity (Wildman–Crippen MR) is 81.5 cm³/mol. The lowest BCUT2D eigenvalue weighted by Crippen LogP contribution is -2.38. The maximum absolute atomic E-state index is 6.02. The van der Waals surface area contributed by atoms with Gasteiger partial charge >= 0.3 is 0 Å². The van der Waals surface area contributed by atoms with Crippen LogP contribution in [0.5, 0.6) is 0 Å². The summed E-state index contributed by atoms with van der Waals surface area (Å²) in [6, 6.07) is 4.35. The first kappa shape index (κ1) is 15.9. The monoisotopic (exact) mass is 289 g/mol. The minimum atomic E-state index is 0.294. The van der Waals surface area contributed by atoms with E-state index in [9.17, 15) is 0 Å². The molecule has 0 amide bonds. The maximum atomic E-state index is 6.02. The van der Waals surface area contributed by atoms with Gasteiger partial charge in [-0.3, -0.25) is 4.90 Å². The fourth-order valence-electron chi connectivity index (χ4n) is 1.99. The molecule has 1 aromatic rings. The first-order valence-electron chi connectivity index (χ1n) is 6.42. The third kappa shape index (κ3) is 4.86. The fraction of sp³-hybridized carbons (Fsp3) is 0.692. The third-order valence-electron chi connectivity index (χ3n) is 2.93. The van der Waals surface area contributed by atoms with Gasteiger partial charge in [0.2, 0.25) is 0 Å². The average Bonchev–Trinajstić information content (AvgIpc) is 2.73. The Balaban J connectivity index is 2.73. The van der Waals surface area contributed by atoms with Crippen molar-refractivity contribution in [1.29, 1.82) is 0 Å². The van der Waals surface area contributed by atoms with Crippen molar-refractivity contribution in [2.75, 3.05) is 40.3 Å². The molecular weight excluding hydrogens is 266 g/mol. The Labute approximate surface area is 120 Å². The van der Waals surface area contributed by atoms with Gasteiger partial charge in [-0.15, -0.1) is 11.3 Å². The summed E-state index contributed by atoms with van der Waals surface area (Å²) in [6.07, 6.45) is 1.14. The van der Waals surface area contributed by atoms with Crippen LogP contribution in [0.1, 0.15) is 24.3 Å². The van der Waals surface area contributed by atoms with Crippen LogP contribution in [0.15, 0.2) is 12.1 Å². The van der Waals surface area contributed by atoms with Gasteiger partial charge in [0.1, 0.15) is 0 Å². The number of nitrogens with zero attached hydrogens (tertiary/aromatic N) is 2. The van der Waals surface area contributed by atoms with Crippen LogP contribution in [-0.4, -0.2) is 50.1 Å². The highest BCUT2D eigenvalue weighted by Crippen LogP contribution is 2.30. The van der Waals surface area contributed by atoms with E-state index in [4.69, 9.17) is 17.3 Å². The van der Waals surface area contributed by atoms with Crippen LogP contribution >= 0.6 is 22.9 Å². The molecular formula is C13H24ClN3S. The van der Waals surface area contributed by atoms with Crippen LogP contribution < -0.4 is 5.73 Å². The molecule has 3 nitrogen and oxygen atoms in total. The number of likely N-dealkylation sites (N-methyl/N-ethyl adjacent to an activating group) is 1. The zero-order chi connectivity index (χ0) is 13.5. The summed E-state index contributed by atoms with van der Waals surface area (Å²) in [5.74, 6) is 0. The van der Waals surface area contributed by atoms with Crippen molar-refractivity contribution in [3.63, 3.8) is 0 Å². The van der Waals surface area contributed by atoms with Crippen LogP contribution in [-0.2, 0) is 0 Å². The second kappa shape index (κ2) is 8.12. The molecule has 1 aromatic heterocycles. The summed E-state index contributed by atoms with van der Waals surface area (Å²) in [6.45, 7) is 6.01. The molecule has 5 heteroatoms. The summed E-state index contributed by atoms with van der Waals surface area (Å²) in [5, 5.41) is 0. The molecule has 0 bridgehead atoms. The Bertz CT molecular complexity index is 341. The van der Waals surface area contributed by atoms with E-state index >= 15 is 0 Å². The molecule has 0 aliphatic carbocycles. The normalized spacial score (nSPS) is 13.5. The smallest absolute Gasteiger partial charge is 0.0931 e. The molecule has 0 aliphatic rings. The average molecular weight is 290 g/mol. The SMILES string of the molecule is CCCN(CCN(C)C)C(CN)c1ccc(Cl)s1. The van der Waals surface area contributed by atoms with Crippen molar-refractivity contribution in [2.45, 2.75) is 19.4 Å². The predicted octanol–water partition coefficient (Wildman–Crippen LogP) is 2.67. The lowest BCUT2D eigenvalue weighted by atomic mass is 10.2. The number of rotatable bonds is 8. The molecule has 0 spiro atoms. The van der Waals surface area contributed by atoms with Crippen LogP contribution in [0, 0.1) is 0 Å². The van der Waals surface area contributed by atoms with Crippen molar-refractivity contribution in [3.8, 4) is 0 Å². The van der Waals surface area contributed by atoms with Gasteiger partial charge in [0, 0.05) is 24.5 Å². The lowest BCUT2D eigenvalue weighted by molar-refractivity contribution is 0.185. The standard InChI is InChI=1S/C13H24ClN3S/c1-4-7-17(9-8-16(2)3)11(10-15)12-5-6-13(14)18-12/h5-6,11H,4,7-10,15H2,1-3H3.